The minimum absolute atomic E-state index is 0.119. The van der Waals surface area contributed by atoms with Crippen molar-refractivity contribution in [1.82, 2.24) is 4.98 Å². The molecule has 3 rings (SSSR count). The molecule has 80 valence electrons. The van der Waals surface area contributed by atoms with E-state index in [0.717, 1.165) is 6.42 Å². The molecular formula is C15H15N. The zero-order valence-corrected chi connectivity index (χ0v) is 9.40. The Labute approximate surface area is 95.5 Å². The summed E-state index contributed by atoms with van der Waals surface area (Å²) in [5.41, 5.74) is 2.64. The topological polar surface area (TPSA) is 15.8 Å². The first-order valence-electron chi connectivity index (χ1n) is 5.71. The number of fused-ring (bicyclic) bond motifs is 1. The molecule has 0 fully saturated rings. The summed E-state index contributed by atoms with van der Waals surface area (Å²) in [6.07, 6.45) is 9.82. The molecule has 0 aliphatic heterocycles. The van der Waals surface area contributed by atoms with Crippen LogP contribution in [0.4, 0.5) is 0 Å². The van der Waals surface area contributed by atoms with Gasteiger partial charge >= 0.3 is 0 Å². The summed E-state index contributed by atoms with van der Waals surface area (Å²) < 4.78 is 0. The number of hydrogen-bond donors (Lipinski definition) is 1. The SMILES string of the molecule is CC1(c2cc3ccccc3[nH]2)C=CC=CC1. The van der Waals surface area contributed by atoms with E-state index in [2.05, 4.69) is 66.5 Å². The molecule has 1 unspecified atom stereocenters. The van der Waals surface area contributed by atoms with Gasteiger partial charge in [-0.2, -0.15) is 0 Å². The number of allylic oxidation sites excluding steroid dienone is 4. The van der Waals surface area contributed by atoms with Gasteiger partial charge in [0.2, 0.25) is 0 Å². The highest BCUT2D eigenvalue weighted by Gasteiger charge is 2.25. The van der Waals surface area contributed by atoms with E-state index >= 15 is 0 Å². The molecule has 0 radical (unpaired) electrons. The summed E-state index contributed by atoms with van der Waals surface area (Å²) in [4.78, 5) is 3.52. The number of para-hydroxylation sites is 1. The Morgan fingerprint density at radius 1 is 1.19 bits per heavy atom. The Hall–Kier alpha value is -1.76. The predicted molar refractivity (Wildman–Crippen MR) is 68.5 cm³/mol. The first-order valence-corrected chi connectivity index (χ1v) is 5.71. The highest BCUT2D eigenvalue weighted by molar-refractivity contribution is 5.80. The van der Waals surface area contributed by atoms with Crippen molar-refractivity contribution in [1.29, 1.82) is 0 Å². The number of aromatic amines is 1. The van der Waals surface area contributed by atoms with Crippen LogP contribution in [0.15, 0.2) is 54.6 Å². The number of benzene rings is 1. The second-order valence-corrected chi connectivity index (χ2v) is 4.68. The minimum atomic E-state index is 0.119. The molecule has 1 aromatic carbocycles. The van der Waals surface area contributed by atoms with E-state index in [4.69, 9.17) is 0 Å². The van der Waals surface area contributed by atoms with Gasteiger partial charge in [0, 0.05) is 16.6 Å². The van der Waals surface area contributed by atoms with Gasteiger partial charge in [0.25, 0.3) is 0 Å². The molecular weight excluding hydrogens is 194 g/mol. The maximum atomic E-state index is 3.52. The third-order valence-corrected chi connectivity index (χ3v) is 3.40. The third-order valence-electron chi connectivity index (χ3n) is 3.40. The standard InChI is InChI=1S/C15H15N/c1-15(9-5-2-6-10-15)14-11-12-7-3-4-8-13(12)16-14/h2-9,11,16H,10H2,1H3. The van der Waals surface area contributed by atoms with Crippen LogP contribution >= 0.6 is 0 Å². The largest absolute Gasteiger partial charge is 0.358 e. The van der Waals surface area contributed by atoms with Crippen molar-refractivity contribution in [3.8, 4) is 0 Å². The highest BCUT2D eigenvalue weighted by Crippen LogP contribution is 2.33. The number of H-pyrrole nitrogens is 1. The molecule has 0 saturated heterocycles. The fourth-order valence-electron chi connectivity index (χ4n) is 2.31. The van der Waals surface area contributed by atoms with Crippen LogP contribution < -0.4 is 0 Å². The molecule has 0 spiro atoms. The molecule has 0 saturated carbocycles. The van der Waals surface area contributed by atoms with Crippen molar-refractivity contribution in [3.63, 3.8) is 0 Å². The average Bonchev–Trinajstić information content (AvgIpc) is 2.74. The summed E-state index contributed by atoms with van der Waals surface area (Å²) in [5.74, 6) is 0. The molecule has 16 heavy (non-hydrogen) atoms. The number of aromatic nitrogens is 1. The fraction of sp³-hybridized carbons (Fsp3) is 0.200. The lowest BCUT2D eigenvalue weighted by atomic mass is 9.81. The summed E-state index contributed by atoms with van der Waals surface area (Å²) in [6.45, 7) is 2.28. The second kappa shape index (κ2) is 3.38. The van der Waals surface area contributed by atoms with Crippen LogP contribution in [0.25, 0.3) is 10.9 Å². The van der Waals surface area contributed by atoms with Crippen molar-refractivity contribution >= 4 is 10.9 Å². The Kier molecular flexibility index (Phi) is 2.00. The molecule has 2 aromatic rings. The van der Waals surface area contributed by atoms with Gasteiger partial charge < -0.3 is 4.98 Å². The molecule has 0 bridgehead atoms. The fourth-order valence-corrected chi connectivity index (χ4v) is 2.31. The Balaban J connectivity index is 2.12. The highest BCUT2D eigenvalue weighted by atomic mass is 14.7. The molecule has 1 aliphatic rings. The van der Waals surface area contributed by atoms with E-state index in [1.54, 1.807) is 0 Å². The Morgan fingerprint density at radius 2 is 2.06 bits per heavy atom. The number of rotatable bonds is 1. The van der Waals surface area contributed by atoms with Crippen molar-refractivity contribution < 1.29 is 0 Å². The van der Waals surface area contributed by atoms with Gasteiger partial charge in [-0.1, -0.05) is 49.4 Å². The molecule has 1 aliphatic carbocycles. The molecule has 0 amide bonds. The number of hydrogen-bond acceptors (Lipinski definition) is 0. The van der Waals surface area contributed by atoms with E-state index in [-0.39, 0.29) is 5.41 Å². The molecule has 1 aromatic heterocycles. The predicted octanol–water partition coefficient (Wildman–Crippen LogP) is 3.94. The lowest BCUT2D eigenvalue weighted by Crippen LogP contribution is -2.19. The lowest BCUT2D eigenvalue weighted by Gasteiger charge is -2.25. The monoisotopic (exact) mass is 209 g/mol. The minimum Gasteiger partial charge on any atom is -0.358 e. The molecule has 1 nitrogen and oxygen atoms in total. The van der Waals surface area contributed by atoms with Crippen LogP contribution in [0.1, 0.15) is 19.0 Å². The van der Waals surface area contributed by atoms with Gasteiger partial charge in [-0.05, 0) is 23.9 Å². The lowest BCUT2D eigenvalue weighted by molar-refractivity contribution is 0.584. The summed E-state index contributed by atoms with van der Waals surface area (Å²) in [7, 11) is 0. The third kappa shape index (κ3) is 1.40. The van der Waals surface area contributed by atoms with Crippen LogP contribution in [0.2, 0.25) is 0 Å². The van der Waals surface area contributed by atoms with Crippen molar-refractivity contribution in [2.75, 3.05) is 0 Å². The van der Waals surface area contributed by atoms with E-state index in [1.807, 2.05) is 0 Å². The van der Waals surface area contributed by atoms with E-state index in [0.29, 0.717) is 0 Å². The first kappa shape index (κ1) is 9.46. The molecule has 1 N–H and O–H groups in total. The van der Waals surface area contributed by atoms with Gasteiger partial charge in [0.1, 0.15) is 0 Å². The van der Waals surface area contributed by atoms with Gasteiger partial charge in [0.15, 0.2) is 0 Å². The summed E-state index contributed by atoms with van der Waals surface area (Å²) >= 11 is 0. The van der Waals surface area contributed by atoms with Gasteiger partial charge in [-0.15, -0.1) is 0 Å². The Morgan fingerprint density at radius 3 is 2.81 bits per heavy atom. The van der Waals surface area contributed by atoms with E-state index in [1.165, 1.54) is 16.6 Å². The second-order valence-electron chi connectivity index (χ2n) is 4.68. The van der Waals surface area contributed by atoms with Crippen molar-refractivity contribution in [3.05, 3.63) is 60.3 Å². The van der Waals surface area contributed by atoms with Gasteiger partial charge in [-0.3, -0.25) is 0 Å². The van der Waals surface area contributed by atoms with Crippen LogP contribution in [-0.2, 0) is 5.41 Å². The maximum absolute atomic E-state index is 3.52. The number of nitrogens with one attached hydrogen (secondary N) is 1. The zero-order chi connectivity index (χ0) is 11.0. The normalized spacial score (nSPS) is 24.1. The quantitative estimate of drug-likeness (QED) is 0.732. The van der Waals surface area contributed by atoms with Crippen LogP contribution in [0.5, 0.6) is 0 Å². The van der Waals surface area contributed by atoms with Gasteiger partial charge in [0.05, 0.1) is 0 Å². The van der Waals surface area contributed by atoms with E-state index < -0.39 is 0 Å². The van der Waals surface area contributed by atoms with Crippen LogP contribution in [-0.4, -0.2) is 4.98 Å². The first-order chi connectivity index (χ1) is 7.78. The maximum Gasteiger partial charge on any atom is 0.0456 e. The average molecular weight is 209 g/mol. The molecule has 1 atom stereocenters. The van der Waals surface area contributed by atoms with Crippen LogP contribution in [0.3, 0.4) is 0 Å². The Bertz CT molecular complexity index is 541. The smallest absolute Gasteiger partial charge is 0.0456 e. The van der Waals surface area contributed by atoms with Gasteiger partial charge in [-0.25, -0.2) is 0 Å². The summed E-state index contributed by atoms with van der Waals surface area (Å²) in [6, 6.07) is 10.7. The van der Waals surface area contributed by atoms with Crippen LogP contribution in [0, 0.1) is 0 Å². The molecule has 1 heterocycles. The molecule has 1 heteroatoms. The van der Waals surface area contributed by atoms with E-state index in [9.17, 15) is 0 Å². The van der Waals surface area contributed by atoms with Crippen molar-refractivity contribution in [2.45, 2.75) is 18.8 Å². The van der Waals surface area contributed by atoms with Crippen molar-refractivity contribution in [2.24, 2.45) is 0 Å². The zero-order valence-electron chi connectivity index (χ0n) is 9.40. The summed E-state index contributed by atoms with van der Waals surface area (Å²) in [5, 5.41) is 1.29.